The summed E-state index contributed by atoms with van der Waals surface area (Å²) in [6, 6.07) is 3.83. The maximum atomic E-state index is 10.0. The van der Waals surface area contributed by atoms with Gasteiger partial charge in [-0.15, -0.1) is 0 Å². The van der Waals surface area contributed by atoms with E-state index in [1.54, 1.807) is 6.26 Å². The van der Waals surface area contributed by atoms with Crippen molar-refractivity contribution in [3.05, 3.63) is 24.2 Å². The molecule has 1 aromatic rings. The normalized spacial score (nSPS) is 19.8. The van der Waals surface area contributed by atoms with E-state index in [-0.39, 0.29) is 6.10 Å². The van der Waals surface area contributed by atoms with Gasteiger partial charge >= 0.3 is 0 Å². The van der Waals surface area contributed by atoms with Crippen LogP contribution in [0.15, 0.2) is 22.8 Å². The standard InChI is InChI=1S/C13H21NO2/c15-13(11-5-2-1-3-6-11)10-14-9-12-7-4-8-16-12/h4,7-8,11,13-15H,1-3,5-6,9-10H2. The van der Waals surface area contributed by atoms with Gasteiger partial charge in [-0.25, -0.2) is 0 Å². The summed E-state index contributed by atoms with van der Waals surface area (Å²) in [5, 5.41) is 13.3. The summed E-state index contributed by atoms with van der Waals surface area (Å²) in [6.07, 6.45) is 7.74. The zero-order valence-corrected chi connectivity index (χ0v) is 9.69. The lowest BCUT2D eigenvalue weighted by Gasteiger charge is -2.26. The fourth-order valence-electron chi connectivity index (χ4n) is 2.44. The highest BCUT2D eigenvalue weighted by Crippen LogP contribution is 2.26. The second-order valence-corrected chi connectivity index (χ2v) is 4.68. The number of hydrogen-bond acceptors (Lipinski definition) is 3. The summed E-state index contributed by atoms with van der Waals surface area (Å²) in [5.41, 5.74) is 0. The van der Waals surface area contributed by atoms with E-state index in [9.17, 15) is 5.11 Å². The van der Waals surface area contributed by atoms with Crippen LogP contribution in [0.3, 0.4) is 0 Å². The molecule has 0 aromatic carbocycles. The zero-order chi connectivity index (χ0) is 11.2. The Morgan fingerprint density at radius 1 is 1.38 bits per heavy atom. The lowest BCUT2D eigenvalue weighted by molar-refractivity contribution is 0.0834. The van der Waals surface area contributed by atoms with E-state index in [1.165, 1.54) is 32.1 Å². The van der Waals surface area contributed by atoms with Crippen molar-refractivity contribution < 1.29 is 9.52 Å². The Morgan fingerprint density at radius 3 is 2.88 bits per heavy atom. The molecular formula is C13H21NO2. The summed E-state index contributed by atoms with van der Waals surface area (Å²) in [4.78, 5) is 0. The van der Waals surface area contributed by atoms with Crippen LogP contribution in [0.25, 0.3) is 0 Å². The Kier molecular flexibility index (Phi) is 4.43. The molecule has 1 atom stereocenters. The van der Waals surface area contributed by atoms with Crippen LogP contribution in [-0.2, 0) is 6.54 Å². The van der Waals surface area contributed by atoms with Gasteiger partial charge in [0.15, 0.2) is 0 Å². The van der Waals surface area contributed by atoms with Crippen molar-refractivity contribution in [3.8, 4) is 0 Å². The summed E-state index contributed by atoms with van der Waals surface area (Å²) in [7, 11) is 0. The predicted molar refractivity (Wildman–Crippen MR) is 63.0 cm³/mol. The molecule has 0 aliphatic heterocycles. The molecule has 0 amide bonds. The maximum absolute atomic E-state index is 10.0. The van der Waals surface area contributed by atoms with Gasteiger partial charge in [-0.05, 0) is 30.9 Å². The van der Waals surface area contributed by atoms with Crippen LogP contribution < -0.4 is 5.32 Å². The Morgan fingerprint density at radius 2 is 2.19 bits per heavy atom. The van der Waals surface area contributed by atoms with Crippen LogP contribution in [0, 0.1) is 5.92 Å². The molecule has 0 bridgehead atoms. The molecule has 2 rings (SSSR count). The van der Waals surface area contributed by atoms with Gasteiger partial charge < -0.3 is 14.8 Å². The van der Waals surface area contributed by atoms with E-state index >= 15 is 0 Å². The average molecular weight is 223 g/mol. The fraction of sp³-hybridized carbons (Fsp3) is 0.692. The highest BCUT2D eigenvalue weighted by atomic mass is 16.3. The van der Waals surface area contributed by atoms with Crippen molar-refractivity contribution >= 4 is 0 Å². The Bertz CT molecular complexity index is 278. The lowest BCUT2D eigenvalue weighted by Crippen LogP contribution is -2.33. The van der Waals surface area contributed by atoms with Crippen LogP contribution in [0.4, 0.5) is 0 Å². The molecule has 3 heteroatoms. The minimum atomic E-state index is -0.199. The van der Waals surface area contributed by atoms with Crippen molar-refractivity contribution in [2.45, 2.75) is 44.8 Å². The molecule has 1 aliphatic rings. The molecule has 1 aromatic heterocycles. The molecule has 2 N–H and O–H groups in total. The molecule has 0 radical (unpaired) electrons. The molecule has 1 unspecified atom stereocenters. The number of aliphatic hydroxyl groups is 1. The molecular weight excluding hydrogens is 202 g/mol. The first-order chi connectivity index (χ1) is 7.86. The molecule has 1 aliphatic carbocycles. The lowest BCUT2D eigenvalue weighted by atomic mass is 9.85. The number of nitrogens with one attached hydrogen (secondary N) is 1. The summed E-state index contributed by atoms with van der Waals surface area (Å²) >= 11 is 0. The van der Waals surface area contributed by atoms with E-state index in [0.717, 1.165) is 5.76 Å². The van der Waals surface area contributed by atoms with Gasteiger partial charge in [0, 0.05) is 6.54 Å². The summed E-state index contributed by atoms with van der Waals surface area (Å²) in [6.45, 7) is 1.38. The smallest absolute Gasteiger partial charge is 0.117 e. The zero-order valence-electron chi connectivity index (χ0n) is 9.69. The molecule has 16 heavy (non-hydrogen) atoms. The number of hydrogen-bond donors (Lipinski definition) is 2. The second-order valence-electron chi connectivity index (χ2n) is 4.68. The van der Waals surface area contributed by atoms with Crippen LogP contribution in [0.1, 0.15) is 37.9 Å². The topological polar surface area (TPSA) is 45.4 Å². The first-order valence-corrected chi connectivity index (χ1v) is 6.27. The van der Waals surface area contributed by atoms with Gasteiger partial charge in [-0.3, -0.25) is 0 Å². The van der Waals surface area contributed by atoms with E-state index in [1.807, 2.05) is 12.1 Å². The highest BCUT2D eigenvalue weighted by molar-refractivity contribution is 4.97. The maximum Gasteiger partial charge on any atom is 0.117 e. The third-order valence-electron chi connectivity index (χ3n) is 3.43. The summed E-state index contributed by atoms with van der Waals surface area (Å²) < 4.78 is 5.22. The van der Waals surface area contributed by atoms with Crippen molar-refractivity contribution in [1.82, 2.24) is 5.32 Å². The largest absolute Gasteiger partial charge is 0.468 e. The van der Waals surface area contributed by atoms with Gasteiger partial charge in [-0.1, -0.05) is 19.3 Å². The third-order valence-corrected chi connectivity index (χ3v) is 3.43. The van der Waals surface area contributed by atoms with Crippen molar-refractivity contribution in [2.75, 3.05) is 6.54 Å². The van der Waals surface area contributed by atoms with Gasteiger partial charge in [-0.2, -0.15) is 0 Å². The predicted octanol–water partition coefficient (Wildman–Crippen LogP) is 2.31. The number of furan rings is 1. The molecule has 1 heterocycles. The Hall–Kier alpha value is -0.800. The van der Waals surface area contributed by atoms with Crippen LogP contribution in [0.2, 0.25) is 0 Å². The van der Waals surface area contributed by atoms with Crippen molar-refractivity contribution in [2.24, 2.45) is 5.92 Å². The quantitative estimate of drug-likeness (QED) is 0.805. The molecule has 0 saturated heterocycles. The molecule has 0 spiro atoms. The molecule has 1 saturated carbocycles. The highest BCUT2D eigenvalue weighted by Gasteiger charge is 2.21. The average Bonchev–Trinajstić information content (AvgIpc) is 2.83. The van der Waals surface area contributed by atoms with Crippen LogP contribution >= 0.6 is 0 Å². The first kappa shape index (κ1) is 11.7. The first-order valence-electron chi connectivity index (χ1n) is 6.27. The van der Waals surface area contributed by atoms with Gasteiger partial charge in [0.2, 0.25) is 0 Å². The van der Waals surface area contributed by atoms with Crippen LogP contribution in [-0.4, -0.2) is 17.8 Å². The summed E-state index contributed by atoms with van der Waals surface area (Å²) in [5.74, 6) is 1.42. The minimum absolute atomic E-state index is 0.199. The van der Waals surface area contributed by atoms with Crippen LogP contribution in [0.5, 0.6) is 0 Å². The third kappa shape index (κ3) is 3.35. The van der Waals surface area contributed by atoms with Gasteiger partial charge in [0.05, 0.1) is 18.9 Å². The van der Waals surface area contributed by atoms with Crippen molar-refractivity contribution in [1.29, 1.82) is 0 Å². The molecule has 90 valence electrons. The van der Waals surface area contributed by atoms with Gasteiger partial charge in [0.25, 0.3) is 0 Å². The Labute approximate surface area is 96.8 Å². The van der Waals surface area contributed by atoms with Crippen molar-refractivity contribution in [3.63, 3.8) is 0 Å². The van der Waals surface area contributed by atoms with E-state index < -0.39 is 0 Å². The fourth-order valence-corrected chi connectivity index (χ4v) is 2.44. The Balaban J connectivity index is 1.65. The SMILES string of the molecule is OC(CNCc1ccco1)C1CCCCC1. The van der Waals surface area contributed by atoms with E-state index in [0.29, 0.717) is 19.0 Å². The molecule has 3 nitrogen and oxygen atoms in total. The minimum Gasteiger partial charge on any atom is -0.468 e. The number of aliphatic hydroxyl groups excluding tert-OH is 1. The second kappa shape index (κ2) is 6.06. The van der Waals surface area contributed by atoms with Gasteiger partial charge in [0.1, 0.15) is 5.76 Å². The monoisotopic (exact) mass is 223 g/mol. The van der Waals surface area contributed by atoms with E-state index in [4.69, 9.17) is 4.42 Å². The number of rotatable bonds is 5. The molecule has 1 fully saturated rings. The van der Waals surface area contributed by atoms with E-state index in [2.05, 4.69) is 5.32 Å².